The Labute approximate surface area is 94.2 Å². The van der Waals surface area contributed by atoms with Gasteiger partial charge in [0.2, 0.25) is 0 Å². The summed E-state index contributed by atoms with van der Waals surface area (Å²) in [5.74, 6) is -1.03. The number of rotatable bonds is 4. The maximum absolute atomic E-state index is 10.4. The second kappa shape index (κ2) is 5.56. The molecule has 0 aromatic heterocycles. The molecule has 80 valence electrons. The lowest BCUT2D eigenvalue weighted by atomic mass is 10.1. The summed E-state index contributed by atoms with van der Waals surface area (Å²) in [4.78, 5) is 10.4. The Kier molecular flexibility index (Phi) is 4.37. The summed E-state index contributed by atoms with van der Waals surface area (Å²) < 4.78 is 0. The Balaban J connectivity index is 2.84. The van der Waals surface area contributed by atoms with Gasteiger partial charge in [0, 0.05) is 6.08 Å². The first-order valence-corrected chi connectivity index (χ1v) is 5.20. The van der Waals surface area contributed by atoms with E-state index in [9.17, 15) is 4.79 Å². The van der Waals surface area contributed by atoms with Crippen molar-refractivity contribution in [1.29, 1.82) is 0 Å². The van der Waals surface area contributed by atoms with Crippen LogP contribution in [0.25, 0.3) is 5.03 Å². The fourth-order valence-corrected chi connectivity index (χ4v) is 1.53. The van der Waals surface area contributed by atoms with Gasteiger partial charge in [0.05, 0.1) is 5.03 Å². The van der Waals surface area contributed by atoms with E-state index < -0.39 is 5.97 Å². The third-order valence-corrected chi connectivity index (χ3v) is 2.35. The van der Waals surface area contributed by atoms with Crippen molar-refractivity contribution >= 4 is 22.6 Å². The number of carboxylic acids is 1. The number of aliphatic carboxylic acids is 1. The van der Waals surface area contributed by atoms with E-state index in [-0.39, 0.29) is 5.03 Å². The van der Waals surface area contributed by atoms with E-state index in [1.807, 2.05) is 24.3 Å². The number of carbonyl (C=O) groups is 1. The van der Waals surface area contributed by atoms with E-state index in [2.05, 4.69) is 6.92 Å². The first-order valence-electron chi connectivity index (χ1n) is 4.83. The van der Waals surface area contributed by atoms with Crippen molar-refractivity contribution in [1.82, 2.24) is 0 Å². The molecule has 0 aliphatic heterocycles. The predicted octanol–water partition coefficient (Wildman–Crippen LogP) is 3.30. The molecule has 0 aliphatic carbocycles. The monoisotopic (exact) mass is 224 g/mol. The molecule has 0 spiro atoms. The highest BCUT2D eigenvalue weighted by molar-refractivity contribution is 6.50. The summed E-state index contributed by atoms with van der Waals surface area (Å²) in [5, 5.41) is 8.78. The Hall–Kier alpha value is -1.28. The molecule has 0 atom stereocenters. The van der Waals surface area contributed by atoms with E-state index in [0.717, 1.165) is 24.5 Å². The van der Waals surface area contributed by atoms with Gasteiger partial charge < -0.3 is 5.11 Å². The van der Waals surface area contributed by atoms with Crippen LogP contribution < -0.4 is 0 Å². The minimum Gasteiger partial charge on any atom is -0.478 e. The lowest BCUT2D eigenvalue weighted by Crippen LogP contribution is -1.89. The highest BCUT2D eigenvalue weighted by Gasteiger charge is 2.00. The third kappa shape index (κ3) is 3.76. The van der Waals surface area contributed by atoms with Gasteiger partial charge in [0.15, 0.2) is 0 Å². The molecule has 1 rings (SSSR count). The SMILES string of the molecule is CCCc1ccc(/C(Cl)=C/C(=O)O)cc1. The van der Waals surface area contributed by atoms with Gasteiger partial charge in [-0.15, -0.1) is 0 Å². The quantitative estimate of drug-likeness (QED) is 0.797. The molecule has 0 saturated carbocycles. The van der Waals surface area contributed by atoms with Crippen LogP contribution in [0.4, 0.5) is 0 Å². The molecule has 0 radical (unpaired) electrons. The third-order valence-electron chi connectivity index (χ3n) is 2.02. The molecule has 2 nitrogen and oxygen atoms in total. The zero-order valence-electron chi connectivity index (χ0n) is 8.53. The summed E-state index contributed by atoms with van der Waals surface area (Å²) in [6.45, 7) is 2.12. The lowest BCUT2D eigenvalue weighted by Gasteiger charge is -2.01. The van der Waals surface area contributed by atoms with E-state index in [4.69, 9.17) is 16.7 Å². The molecule has 3 heteroatoms. The van der Waals surface area contributed by atoms with Crippen LogP contribution in [0.1, 0.15) is 24.5 Å². The molecular weight excluding hydrogens is 212 g/mol. The van der Waals surface area contributed by atoms with E-state index in [0.29, 0.717) is 0 Å². The zero-order chi connectivity index (χ0) is 11.3. The number of benzene rings is 1. The minimum absolute atomic E-state index is 0.255. The predicted molar refractivity (Wildman–Crippen MR) is 61.9 cm³/mol. The molecule has 1 N–H and O–H groups in total. The van der Waals surface area contributed by atoms with Gasteiger partial charge in [-0.25, -0.2) is 4.79 Å². The van der Waals surface area contributed by atoms with Crippen LogP contribution in [0.2, 0.25) is 0 Å². The van der Waals surface area contributed by atoms with Crippen molar-refractivity contribution in [3.05, 3.63) is 41.5 Å². The minimum atomic E-state index is -1.03. The smallest absolute Gasteiger partial charge is 0.329 e. The number of aryl methyl sites for hydroxylation is 1. The van der Waals surface area contributed by atoms with Gasteiger partial charge in [-0.3, -0.25) is 0 Å². The first kappa shape index (κ1) is 11.8. The molecule has 0 fully saturated rings. The van der Waals surface area contributed by atoms with Gasteiger partial charge in [-0.2, -0.15) is 0 Å². The van der Waals surface area contributed by atoms with Gasteiger partial charge in [-0.05, 0) is 17.5 Å². The van der Waals surface area contributed by atoms with Crippen molar-refractivity contribution < 1.29 is 9.90 Å². The number of halogens is 1. The molecule has 0 amide bonds. The number of carboxylic acid groups (broad SMARTS) is 1. The van der Waals surface area contributed by atoms with Crippen LogP contribution in [-0.4, -0.2) is 11.1 Å². The van der Waals surface area contributed by atoms with Crippen molar-refractivity contribution in [2.75, 3.05) is 0 Å². The van der Waals surface area contributed by atoms with E-state index >= 15 is 0 Å². The molecular formula is C12H13ClO2. The molecule has 0 heterocycles. The first-order chi connectivity index (χ1) is 7.13. The summed E-state index contributed by atoms with van der Waals surface area (Å²) in [5.41, 5.74) is 1.97. The molecule has 0 saturated heterocycles. The van der Waals surface area contributed by atoms with Crippen LogP contribution in [0, 0.1) is 0 Å². The van der Waals surface area contributed by atoms with Crippen LogP contribution in [0.3, 0.4) is 0 Å². The van der Waals surface area contributed by atoms with E-state index in [1.54, 1.807) is 0 Å². The Morgan fingerprint density at radius 3 is 2.47 bits per heavy atom. The van der Waals surface area contributed by atoms with Gasteiger partial charge >= 0.3 is 5.97 Å². The summed E-state index contributed by atoms with van der Waals surface area (Å²) in [6.07, 6.45) is 3.12. The second-order valence-corrected chi connectivity index (χ2v) is 3.68. The number of hydrogen-bond donors (Lipinski definition) is 1. The van der Waals surface area contributed by atoms with E-state index in [1.165, 1.54) is 5.56 Å². The summed E-state index contributed by atoms with van der Waals surface area (Å²) in [7, 11) is 0. The second-order valence-electron chi connectivity index (χ2n) is 3.28. The lowest BCUT2D eigenvalue weighted by molar-refractivity contribution is -0.131. The average molecular weight is 225 g/mol. The topological polar surface area (TPSA) is 37.3 Å². The maximum atomic E-state index is 10.4. The standard InChI is InChI=1S/C12H13ClO2/c1-2-3-9-4-6-10(7-5-9)11(13)8-12(14)15/h4-8H,2-3H2,1H3,(H,14,15)/b11-8-. The number of hydrogen-bond acceptors (Lipinski definition) is 1. The maximum Gasteiger partial charge on any atom is 0.329 e. The fraction of sp³-hybridized carbons (Fsp3) is 0.250. The van der Waals surface area contributed by atoms with Gasteiger partial charge in [0.25, 0.3) is 0 Å². The molecule has 0 unspecified atom stereocenters. The molecule has 0 aliphatic rings. The average Bonchev–Trinajstić information content (AvgIpc) is 2.18. The van der Waals surface area contributed by atoms with Crippen molar-refractivity contribution in [2.24, 2.45) is 0 Å². The molecule has 1 aromatic rings. The summed E-state index contributed by atoms with van der Waals surface area (Å²) >= 11 is 5.81. The Morgan fingerprint density at radius 1 is 1.40 bits per heavy atom. The van der Waals surface area contributed by atoms with Crippen molar-refractivity contribution in [3.63, 3.8) is 0 Å². The molecule has 0 bridgehead atoms. The van der Waals surface area contributed by atoms with Gasteiger partial charge in [-0.1, -0.05) is 49.2 Å². The Bertz CT molecular complexity index is 366. The van der Waals surface area contributed by atoms with Crippen molar-refractivity contribution in [2.45, 2.75) is 19.8 Å². The fourth-order valence-electron chi connectivity index (χ4n) is 1.31. The van der Waals surface area contributed by atoms with Crippen LogP contribution in [-0.2, 0) is 11.2 Å². The van der Waals surface area contributed by atoms with Gasteiger partial charge in [0.1, 0.15) is 0 Å². The molecule has 1 aromatic carbocycles. The largest absolute Gasteiger partial charge is 0.478 e. The van der Waals surface area contributed by atoms with Crippen molar-refractivity contribution in [3.8, 4) is 0 Å². The van der Waals surface area contributed by atoms with Crippen LogP contribution >= 0.6 is 11.6 Å². The Morgan fingerprint density at radius 2 is 2.00 bits per heavy atom. The highest BCUT2D eigenvalue weighted by atomic mass is 35.5. The zero-order valence-corrected chi connectivity index (χ0v) is 9.29. The normalized spacial score (nSPS) is 11.5. The molecule has 15 heavy (non-hydrogen) atoms. The van der Waals surface area contributed by atoms with Crippen LogP contribution in [0.5, 0.6) is 0 Å². The van der Waals surface area contributed by atoms with Crippen LogP contribution in [0.15, 0.2) is 30.3 Å². The summed E-state index contributed by atoms with van der Waals surface area (Å²) in [6, 6.07) is 7.62. The highest BCUT2D eigenvalue weighted by Crippen LogP contribution is 2.19.